The molecule has 1 aromatic heterocycles. The average molecular weight is 483 g/mol. The Kier molecular flexibility index (Phi) is 10.0. The Morgan fingerprint density at radius 3 is 2.43 bits per heavy atom. The van der Waals surface area contributed by atoms with Crippen LogP contribution in [0.25, 0.3) is 0 Å². The Balaban J connectivity index is 1.77. The molecule has 1 aliphatic rings. The highest BCUT2D eigenvalue weighted by atomic mass is 16.5. The van der Waals surface area contributed by atoms with Gasteiger partial charge in [-0.05, 0) is 42.7 Å². The molecule has 3 rings (SSSR count). The number of carbonyl (C=O) groups is 3. The van der Waals surface area contributed by atoms with Crippen molar-refractivity contribution in [3.8, 4) is 5.75 Å². The predicted molar refractivity (Wildman–Crippen MR) is 132 cm³/mol. The largest absolute Gasteiger partial charge is 0.497 e. The van der Waals surface area contributed by atoms with E-state index >= 15 is 0 Å². The lowest BCUT2D eigenvalue weighted by atomic mass is 10.0. The first-order chi connectivity index (χ1) is 17.0. The van der Waals surface area contributed by atoms with Crippen molar-refractivity contribution in [3.05, 3.63) is 54.2 Å². The van der Waals surface area contributed by atoms with E-state index in [1.807, 2.05) is 0 Å². The van der Waals surface area contributed by atoms with Gasteiger partial charge in [0.25, 0.3) is 0 Å². The predicted octanol–water partition coefficient (Wildman–Crippen LogP) is 3.08. The number of nitrogens with one attached hydrogen (secondary N) is 2. The van der Waals surface area contributed by atoms with Crippen LogP contribution in [-0.2, 0) is 19.1 Å². The fourth-order valence-corrected chi connectivity index (χ4v) is 4.20. The van der Waals surface area contributed by atoms with Gasteiger partial charge in [0.2, 0.25) is 17.7 Å². The molecule has 1 atom stereocenters. The summed E-state index contributed by atoms with van der Waals surface area (Å²) in [5.74, 6) is 0.225. The third kappa shape index (κ3) is 7.78. The van der Waals surface area contributed by atoms with Gasteiger partial charge in [-0.25, -0.2) is 4.98 Å². The smallest absolute Gasteiger partial charge is 0.247 e. The summed E-state index contributed by atoms with van der Waals surface area (Å²) < 4.78 is 10.5. The lowest BCUT2D eigenvalue weighted by molar-refractivity contribution is -0.142. The maximum Gasteiger partial charge on any atom is 0.247 e. The van der Waals surface area contributed by atoms with Crippen molar-refractivity contribution < 1.29 is 23.9 Å². The van der Waals surface area contributed by atoms with Gasteiger partial charge in [-0.2, -0.15) is 0 Å². The molecule has 9 nitrogen and oxygen atoms in total. The molecule has 0 aliphatic heterocycles. The van der Waals surface area contributed by atoms with E-state index in [1.165, 1.54) is 4.90 Å². The van der Waals surface area contributed by atoms with Crippen molar-refractivity contribution >= 4 is 23.5 Å². The summed E-state index contributed by atoms with van der Waals surface area (Å²) in [5, 5.41) is 5.81. The molecule has 1 fully saturated rings. The number of methoxy groups -OCH3 is 2. The van der Waals surface area contributed by atoms with Crippen molar-refractivity contribution in [1.29, 1.82) is 0 Å². The van der Waals surface area contributed by atoms with Crippen molar-refractivity contribution in [2.45, 2.75) is 50.6 Å². The van der Waals surface area contributed by atoms with Gasteiger partial charge in [0.15, 0.2) is 0 Å². The maximum atomic E-state index is 13.5. The summed E-state index contributed by atoms with van der Waals surface area (Å²) >= 11 is 0. The summed E-state index contributed by atoms with van der Waals surface area (Å²) in [5.41, 5.74) is 0.670. The fourth-order valence-electron chi connectivity index (χ4n) is 4.20. The van der Waals surface area contributed by atoms with E-state index < -0.39 is 6.04 Å². The van der Waals surface area contributed by atoms with Gasteiger partial charge >= 0.3 is 0 Å². The number of hydrogen-bond acceptors (Lipinski definition) is 6. The number of hydrogen-bond donors (Lipinski definition) is 2. The number of aromatic nitrogens is 1. The number of carbonyl (C=O) groups excluding carboxylic acids is 3. The van der Waals surface area contributed by atoms with E-state index in [-0.39, 0.29) is 49.8 Å². The number of benzene rings is 1. The van der Waals surface area contributed by atoms with E-state index in [9.17, 15) is 14.4 Å². The zero-order valence-corrected chi connectivity index (χ0v) is 20.4. The molecule has 35 heavy (non-hydrogen) atoms. The lowest BCUT2D eigenvalue weighted by Crippen LogP contribution is -2.47. The first kappa shape index (κ1) is 26.2. The minimum absolute atomic E-state index is 0.0293. The van der Waals surface area contributed by atoms with E-state index in [2.05, 4.69) is 15.6 Å². The van der Waals surface area contributed by atoms with Crippen LogP contribution in [0.4, 0.5) is 5.82 Å². The van der Waals surface area contributed by atoms with Crippen molar-refractivity contribution in [1.82, 2.24) is 15.2 Å². The maximum absolute atomic E-state index is 13.5. The van der Waals surface area contributed by atoms with Gasteiger partial charge < -0.3 is 25.0 Å². The SMILES string of the molecule is COCCN(C(=O)CCC(=O)Nc1ccccn1)[C@@H](C(=O)NC1CCCC1)c1ccc(OC)cc1. The van der Waals surface area contributed by atoms with Crippen LogP contribution in [0.5, 0.6) is 5.75 Å². The molecule has 1 aliphatic carbocycles. The van der Waals surface area contributed by atoms with Crippen LogP contribution in [-0.4, -0.2) is 61.0 Å². The lowest BCUT2D eigenvalue weighted by Gasteiger charge is -2.32. The van der Waals surface area contributed by atoms with E-state index in [0.29, 0.717) is 17.1 Å². The molecule has 2 aromatic rings. The van der Waals surface area contributed by atoms with Crippen LogP contribution in [0.2, 0.25) is 0 Å². The monoisotopic (exact) mass is 482 g/mol. The zero-order valence-electron chi connectivity index (χ0n) is 20.4. The number of nitrogens with zero attached hydrogens (tertiary/aromatic N) is 2. The molecule has 9 heteroatoms. The van der Waals surface area contributed by atoms with Crippen LogP contribution in [0, 0.1) is 0 Å². The standard InChI is InChI=1S/C26H34N4O5/c1-34-18-17-30(24(32)15-14-23(31)29-22-9-5-6-16-27-22)25(19-10-12-21(35-2)13-11-19)26(33)28-20-7-3-4-8-20/h5-6,9-13,16,20,25H,3-4,7-8,14-15,17-18H2,1-2H3,(H,28,33)(H,27,29,31)/t25-/m1/s1. The molecule has 0 saturated heterocycles. The molecule has 0 spiro atoms. The minimum Gasteiger partial charge on any atom is -0.497 e. The van der Waals surface area contributed by atoms with Crippen molar-refractivity contribution in [2.24, 2.45) is 0 Å². The fraction of sp³-hybridized carbons (Fsp3) is 0.462. The molecule has 0 radical (unpaired) electrons. The van der Waals surface area contributed by atoms with Crippen LogP contribution in [0.15, 0.2) is 48.7 Å². The summed E-state index contributed by atoms with van der Waals surface area (Å²) in [6.07, 6.45) is 5.52. The number of ether oxygens (including phenoxy) is 2. The molecule has 0 unspecified atom stereocenters. The minimum atomic E-state index is -0.844. The molecular formula is C26H34N4O5. The summed E-state index contributed by atoms with van der Waals surface area (Å²) in [7, 11) is 3.12. The second-order valence-corrected chi connectivity index (χ2v) is 8.51. The Labute approximate surface area is 206 Å². The van der Waals surface area contributed by atoms with Gasteiger partial charge in [0.05, 0.1) is 13.7 Å². The molecule has 0 bridgehead atoms. The molecule has 188 valence electrons. The van der Waals surface area contributed by atoms with Gasteiger partial charge in [-0.3, -0.25) is 14.4 Å². The topological polar surface area (TPSA) is 110 Å². The second kappa shape index (κ2) is 13.4. The summed E-state index contributed by atoms with van der Waals surface area (Å²) in [6.45, 7) is 0.473. The van der Waals surface area contributed by atoms with Crippen LogP contribution < -0.4 is 15.4 Å². The molecule has 1 heterocycles. The van der Waals surface area contributed by atoms with Crippen LogP contribution in [0.3, 0.4) is 0 Å². The average Bonchev–Trinajstić information content (AvgIpc) is 3.38. The first-order valence-corrected chi connectivity index (χ1v) is 12.0. The van der Waals surface area contributed by atoms with Crippen molar-refractivity contribution in [2.75, 3.05) is 32.7 Å². The zero-order chi connectivity index (χ0) is 25.0. The van der Waals surface area contributed by atoms with Gasteiger partial charge in [0, 0.05) is 38.7 Å². The normalized spacial score (nSPS) is 14.2. The highest BCUT2D eigenvalue weighted by molar-refractivity contribution is 5.94. The van der Waals surface area contributed by atoms with Crippen LogP contribution >= 0.6 is 0 Å². The Hall–Kier alpha value is -3.46. The highest BCUT2D eigenvalue weighted by Gasteiger charge is 2.33. The molecule has 1 aromatic carbocycles. The summed E-state index contributed by atoms with van der Waals surface area (Å²) in [4.78, 5) is 44.8. The Morgan fingerprint density at radius 2 is 1.80 bits per heavy atom. The summed E-state index contributed by atoms with van der Waals surface area (Å²) in [6, 6.07) is 11.6. The van der Waals surface area contributed by atoms with Crippen molar-refractivity contribution in [3.63, 3.8) is 0 Å². The quantitative estimate of drug-likeness (QED) is 0.481. The number of amides is 3. The Morgan fingerprint density at radius 1 is 1.06 bits per heavy atom. The number of pyridine rings is 1. The Bertz CT molecular complexity index is 961. The molecule has 1 saturated carbocycles. The van der Waals surface area contributed by atoms with Gasteiger partial charge in [-0.15, -0.1) is 0 Å². The second-order valence-electron chi connectivity index (χ2n) is 8.51. The van der Waals surface area contributed by atoms with E-state index in [1.54, 1.807) is 62.9 Å². The van der Waals surface area contributed by atoms with E-state index in [4.69, 9.17) is 9.47 Å². The molecule has 3 amide bonds. The molecule has 2 N–H and O–H groups in total. The van der Waals surface area contributed by atoms with Crippen LogP contribution in [0.1, 0.15) is 50.1 Å². The molecular weight excluding hydrogens is 448 g/mol. The third-order valence-electron chi connectivity index (χ3n) is 6.05. The third-order valence-corrected chi connectivity index (χ3v) is 6.05. The van der Waals surface area contributed by atoms with Gasteiger partial charge in [-0.1, -0.05) is 31.0 Å². The first-order valence-electron chi connectivity index (χ1n) is 12.0. The van der Waals surface area contributed by atoms with Gasteiger partial charge in [0.1, 0.15) is 17.6 Å². The van der Waals surface area contributed by atoms with E-state index in [0.717, 1.165) is 25.7 Å². The number of rotatable bonds is 12. The highest BCUT2D eigenvalue weighted by Crippen LogP contribution is 2.26. The number of anilines is 1.